The van der Waals surface area contributed by atoms with Crippen molar-refractivity contribution in [2.75, 3.05) is 101 Å². The Morgan fingerprint density at radius 1 is 1.06 bits per heavy atom. The molecule has 0 saturated carbocycles. The van der Waals surface area contributed by atoms with Gasteiger partial charge in [-0.05, 0) is 44.6 Å². The van der Waals surface area contributed by atoms with Gasteiger partial charge in [0, 0.05) is 87.1 Å². The lowest BCUT2D eigenvalue weighted by atomic mass is 10.0. The van der Waals surface area contributed by atoms with Crippen LogP contribution in [0.2, 0.25) is 0 Å². The highest BCUT2D eigenvalue weighted by atomic mass is 31.1. The number of rotatable bonds is 10. The Morgan fingerprint density at radius 2 is 1.84 bits per heavy atom. The van der Waals surface area contributed by atoms with Crippen molar-refractivity contribution >= 4 is 70.6 Å². The van der Waals surface area contributed by atoms with Gasteiger partial charge in [0.15, 0.2) is 12.4 Å². The zero-order valence-corrected chi connectivity index (χ0v) is 29.6. The van der Waals surface area contributed by atoms with Crippen molar-refractivity contribution < 1.29 is 22.6 Å². The molecule has 2 aromatic heterocycles. The predicted molar refractivity (Wildman–Crippen MR) is 198 cm³/mol. The Kier molecular flexibility index (Phi) is 10.3. The summed E-state index contributed by atoms with van der Waals surface area (Å²) in [7, 11) is 5.12. The maximum Gasteiger partial charge on any atom is 0.422 e. The van der Waals surface area contributed by atoms with E-state index < -0.39 is 20.7 Å². The highest BCUT2D eigenvalue weighted by molar-refractivity contribution is 7.64. The molecule has 4 aromatic rings. The highest BCUT2D eigenvalue weighted by Crippen LogP contribution is 2.43. The van der Waals surface area contributed by atoms with Crippen LogP contribution in [0.5, 0.6) is 11.5 Å². The Labute approximate surface area is 290 Å². The number of aromatic amines is 1. The minimum Gasteiger partial charge on any atom is -0.489 e. The number of benzene rings is 2. The van der Waals surface area contributed by atoms with Crippen LogP contribution < -0.4 is 40.9 Å². The van der Waals surface area contributed by atoms with Crippen LogP contribution in [0.4, 0.5) is 47.7 Å². The number of fused-ring (bicyclic) bond motifs is 2. The zero-order chi connectivity index (χ0) is 35.6. The first-order chi connectivity index (χ1) is 24.0. The average molecular weight is 711 g/mol. The van der Waals surface area contributed by atoms with E-state index in [4.69, 9.17) is 20.2 Å². The molecule has 50 heavy (non-hydrogen) atoms. The third kappa shape index (κ3) is 7.53. The minimum atomic E-state index is -4.55. The van der Waals surface area contributed by atoms with Crippen LogP contribution in [0.25, 0.3) is 16.6 Å². The van der Waals surface area contributed by atoms with E-state index in [2.05, 4.69) is 60.7 Å². The number of H-pyrrole nitrogens is 1. The second-order valence-electron chi connectivity index (χ2n) is 12.4. The molecule has 0 amide bonds. The number of likely N-dealkylation sites (N-methyl/N-ethyl adjacent to an activating group) is 2. The number of anilines is 6. The van der Waals surface area contributed by atoms with Crippen LogP contribution in [0.15, 0.2) is 47.7 Å². The van der Waals surface area contributed by atoms with Gasteiger partial charge >= 0.3 is 6.18 Å². The number of allylic oxidation sites excluding steroid dienone is 1. The van der Waals surface area contributed by atoms with Crippen molar-refractivity contribution in [1.82, 2.24) is 19.9 Å². The van der Waals surface area contributed by atoms with Gasteiger partial charge in [0.1, 0.15) is 23.8 Å². The summed E-state index contributed by atoms with van der Waals surface area (Å²) in [5, 5.41) is 8.50. The topological polar surface area (TPSA) is 132 Å². The fourth-order valence-corrected chi connectivity index (χ4v) is 7.32. The molecule has 2 aliphatic rings. The summed E-state index contributed by atoms with van der Waals surface area (Å²) < 4.78 is 52.2. The number of hydrogen-bond donors (Lipinski definition) is 4. The number of hydrogen-bond acceptors (Lipinski definition) is 11. The summed E-state index contributed by atoms with van der Waals surface area (Å²) in [6.07, 6.45) is 0.253. The summed E-state index contributed by atoms with van der Waals surface area (Å²) >= 11 is 0. The third-order valence-electron chi connectivity index (χ3n) is 8.65. The van der Waals surface area contributed by atoms with Gasteiger partial charge in [-0.15, -0.1) is 0 Å². The molecule has 1 fully saturated rings. The fourth-order valence-electron chi connectivity index (χ4n) is 6.12. The number of alkyl halides is 3. The molecule has 0 radical (unpaired) electrons. The number of piperazine rings is 1. The Balaban J connectivity index is 1.44. The molecule has 0 aliphatic carbocycles. The van der Waals surface area contributed by atoms with Crippen molar-refractivity contribution in [3.8, 4) is 11.5 Å². The van der Waals surface area contributed by atoms with Gasteiger partial charge in [-0.2, -0.15) is 23.1 Å². The Bertz CT molecular complexity index is 1900. The van der Waals surface area contributed by atoms with Crippen molar-refractivity contribution in [2.24, 2.45) is 10.7 Å². The molecule has 5 N–H and O–H groups in total. The Hall–Kier alpha value is -4.75. The van der Waals surface area contributed by atoms with Crippen molar-refractivity contribution in [3.05, 3.63) is 48.3 Å². The largest absolute Gasteiger partial charge is 0.489 e. The summed E-state index contributed by atoms with van der Waals surface area (Å²) in [6.45, 7) is 7.17. The molecule has 16 heteroatoms. The first-order valence-electron chi connectivity index (χ1n) is 16.2. The molecule has 0 atom stereocenters. The number of halogens is 3. The smallest absolute Gasteiger partial charge is 0.422 e. The predicted octanol–water partition coefficient (Wildman–Crippen LogP) is 5.33. The van der Waals surface area contributed by atoms with E-state index in [0.29, 0.717) is 48.0 Å². The van der Waals surface area contributed by atoms with Crippen LogP contribution in [0.1, 0.15) is 5.56 Å². The summed E-state index contributed by atoms with van der Waals surface area (Å²) in [5.41, 5.74) is 10.7. The lowest BCUT2D eigenvalue weighted by Gasteiger charge is -2.35. The lowest BCUT2D eigenvalue weighted by Crippen LogP contribution is -2.44. The minimum absolute atomic E-state index is 0.00430. The molecule has 0 spiro atoms. The number of aromatic nitrogens is 3. The molecule has 12 nitrogen and oxygen atoms in total. The lowest BCUT2D eigenvalue weighted by molar-refractivity contribution is -0.153. The molecular formula is C34H42F3N10O2P. The summed E-state index contributed by atoms with van der Waals surface area (Å²) in [6, 6.07) is 9.26. The molecule has 0 unspecified atom stereocenters. The first kappa shape index (κ1) is 35.1. The van der Waals surface area contributed by atoms with Gasteiger partial charge < -0.3 is 45.5 Å². The molecule has 4 heterocycles. The van der Waals surface area contributed by atoms with Crippen LogP contribution in [-0.4, -0.2) is 113 Å². The summed E-state index contributed by atoms with van der Waals surface area (Å²) in [4.78, 5) is 23.3. The fraction of sp³-hybridized carbons (Fsp3) is 0.382. The van der Waals surface area contributed by atoms with E-state index in [1.807, 2.05) is 25.2 Å². The van der Waals surface area contributed by atoms with E-state index in [0.717, 1.165) is 47.4 Å². The highest BCUT2D eigenvalue weighted by Gasteiger charge is 2.30. The standard InChI is InChI=1S/C34H42F3N10O2P/c1-39-19-21(18-38)23-16-25(28(49-20-34(35,36)37)17-27(23)47-12-10-45(2)11-13-47)42-33-43-31-22(8-9-40-31)32(44-33)41-24-6-7-26-29(30(24)50(4)5)48-15-14-46(26)3/h6-9,16-19H,10-15,20,38H2,1-5H3,(H3,40,41,42,43,44). The molecule has 2 aromatic carbocycles. The first-order valence-corrected chi connectivity index (χ1v) is 18.4. The van der Waals surface area contributed by atoms with Gasteiger partial charge in [0.05, 0.1) is 29.0 Å². The van der Waals surface area contributed by atoms with Crippen LogP contribution in [0.3, 0.4) is 0 Å². The molecule has 266 valence electrons. The van der Waals surface area contributed by atoms with Crippen LogP contribution in [0, 0.1) is 0 Å². The summed E-state index contributed by atoms with van der Waals surface area (Å²) in [5.74, 6) is 1.51. The van der Waals surface area contributed by atoms with Gasteiger partial charge in [0.25, 0.3) is 0 Å². The van der Waals surface area contributed by atoms with Crippen LogP contribution >= 0.6 is 7.92 Å². The monoisotopic (exact) mass is 710 g/mol. The molecule has 6 rings (SSSR count). The molecule has 2 aliphatic heterocycles. The van der Waals surface area contributed by atoms with E-state index in [-0.39, 0.29) is 17.4 Å². The second kappa shape index (κ2) is 14.6. The number of ether oxygens (including phenoxy) is 2. The van der Waals surface area contributed by atoms with Crippen LogP contribution in [-0.2, 0) is 0 Å². The van der Waals surface area contributed by atoms with Gasteiger partial charge in [-0.25, -0.2) is 0 Å². The molecular weight excluding hydrogens is 668 g/mol. The maximum absolute atomic E-state index is 13.5. The molecule has 0 bridgehead atoms. The number of aliphatic imine (C=N–C) groups is 1. The van der Waals surface area contributed by atoms with E-state index in [9.17, 15) is 13.2 Å². The average Bonchev–Trinajstić information content (AvgIpc) is 3.55. The van der Waals surface area contributed by atoms with E-state index in [1.54, 1.807) is 31.6 Å². The van der Waals surface area contributed by atoms with E-state index >= 15 is 0 Å². The van der Waals surface area contributed by atoms with Gasteiger partial charge in [-0.1, -0.05) is 7.92 Å². The van der Waals surface area contributed by atoms with E-state index in [1.165, 1.54) is 6.20 Å². The number of nitrogens with one attached hydrogen (secondary N) is 3. The quantitative estimate of drug-likeness (QED) is 0.127. The van der Waals surface area contributed by atoms with Crippen molar-refractivity contribution in [2.45, 2.75) is 6.18 Å². The number of nitrogens with two attached hydrogens (primary N) is 1. The van der Waals surface area contributed by atoms with Gasteiger partial charge in [0.2, 0.25) is 5.95 Å². The van der Waals surface area contributed by atoms with Crippen molar-refractivity contribution in [1.29, 1.82) is 0 Å². The third-order valence-corrected chi connectivity index (χ3v) is 9.99. The Morgan fingerprint density at radius 3 is 2.54 bits per heavy atom. The normalized spacial score (nSPS) is 15.9. The van der Waals surface area contributed by atoms with Gasteiger partial charge in [-0.3, -0.25) is 4.99 Å². The second-order valence-corrected chi connectivity index (χ2v) is 14.7. The zero-order valence-electron chi connectivity index (χ0n) is 28.7. The SMILES string of the molecule is CN=CC(=CN)c1cc(Nc2nc(Nc3ccc4c(c3P(C)C)OCCN4C)c3cc[nH]c3n2)c(OCC(F)(F)F)cc1N1CCN(C)CC1. The maximum atomic E-state index is 13.5. The number of nitrogens with zero attached hydrogens (tertiary/aromatic N) is 6. The molecule has 1 saturated heterocycles. The van der Waals surface area contributed by atoms with Crippen molar-refractivity contribution in [3.63, 3.8) is 0 Å².